The van der Waals surface area contributed by atoms with Crippen molar-refractivity contribution in [3.05, 3.63) is 48.0 Å². The maximum Gasteiger partial charge on any atom is 0.161 e. The average molecular weight is 326 g/mol. The molecule has 0 radical (unpaired) electrons. The molecule has 0 aliphatic heterocycles. The highest BCUT2D eigenvalue weighted by Gasteiger charge is 2.12. The summed E-state index contributed by atoms with van der Waals surface area (Å²) in [7, 11) is 2.97. The maximum atomic E-state index is 10.1. The molecule has 0 saturated carbocycles. The number of aromatic hydroxyl groups is 2. The number of methoxy groups -OCH3 is 2. The second-order valence-electron chi connectivity index (χ2n) is 5.43. The zero-order chi connectivity index (χ0) is 17.3. The van der Waals surface area contributed by atoms with Gasteiger partial charge in [0.25, 0.3) is 0 Å². The lowest BCUT2D eigenvalue weighted by molar-refractivity contribution is 0.282. The van der Waals surface area contributed by atoms with Crippen LogP contribution in [0, 0.1) is 0 Å². The van der Waals surface area contributed by atoms with Crippen LogP contribution in [-0.4, -0.2) is 29.5 Å². The molecule has 3 N–H and O–H groups in total. The minimum Gasteiger partial charge on any atom is -0.504 e. The van der Waals surface area contributed by atoms with Crippen LogP contribution in [0.2, 0.25) is 0 Å². The Balaban J connectivity index is 2.31. The molecule has 0 amide bonds. The minimum absolute atomic E-state index is 0.0359. The Hall–Kier alpha value is -2.92. The van der Waals surface area contributed by atoms with Crippen molar-refractivity contribution in [1.82, 2.24) is 0 Å². The fraction of sp³-hybridized carbons (Fsp3) is 0.158. The standard InChI is InChI=1S/C19H18O5/c1-23-18-7-12(3-4-16(18)21)14-6-11(10-20)5-13-8-19(24-2)17(22)9-15(13)14/h3-9,20-22H,10H2,1-2H3. The van der Waals surface area contributed by atoms with Crippen LogP contribution in [0.5, 0.6) is 23.0 Å². The molecule has 0 saturated heterocycles. The van der Waals surface area contributed by atoms with Gasteiger partial charge in [-0.1, -0.05) is 6.07 Å². The Morgan fingerprint density at radius 3 is 2.21 bits per heavy atom. The molecule has 3 aromatic carbocycles. The Morgan fingerprint density at radius 2 is 1.54 bits per heavy atom. The van der Waals surface area contributed by atoms with E-state index in [0.717, 1.165) is 27.5 Å². The molecule has 0 unspecified atom stereocenters. The first-order chi connectivity index (χ1) is 11.6. The Bertz CT molecular complexity index is 902. The summed E-state index contributed by atoms with van der Waals surface area (Å²) in [5.41, 5.74) is 2.35. The summed E-state index contributed by atoms with van der Waals surface area (Å²) in [5, 5.41) is 31.1. The van der Waals surface area contributed by atoms with E-state index in [1.807, 2.05) is 12.1 Å². The fourth-order valence-corrected chi connectivity index (χ4v) is 2.78. The summed E-state index contributed by atoms with van der Waals surface area (Å²) < 4.78 is 10.3. The molecule has 0 aromatic heterocycles. The number of benzene rings is 3. The van der Waals surface area contributed by atoms with E-state index in [1.165, 1.54) is 14.2 Å². The quantitative estimate of drug-likeness (QED) is 0.684. The third-order valence-electron chi connectivity index (χ3n) is 3.99. The first-order valence-electron chi connectivity index (χ1n) is 7.39. The molecule has 0 bridgehead atoms. The molecule has 3 aromatic rings. The highest BCUT2D eigenvalue weighted by Crippen LogP contribution is 2.39. The van der Waals surface area contributed by atoms with Crippen molar-refractivity contribution in [2.24, 2.45) is 0 Å². The van der Waals surface area contributed by atoms with Gasteiger partial charge in [-0.05, 0) is 63.9 Å². The van der Waals surface area contributed by atoms with Crippen molar-refractivity contribution in [1.29, 1.82) is 0 Å². The lowest BCUT2D eigenvalue weighted by atomic mass is 9.95. The van der Waals surface area contributed by atoms with Crippen LogP contribution in [-0.2, 0) is 6.61 Å². The zero-order valence-electron chi connectivity index (χ0n) is 13.4. The molecule has 0 heterocycles. The van der Waals surface area contributed by atoms with E-state index in [0.29, 0.717) is 11.5 Å². The maximum absolute atomic E-state index is 10.1. The number of aliphatic hydroxyl groups excluding tert-OH is 1. The first-order valence-corrected chi connectivity index (χ1v) is 7.39. The SMILES string of the molecule is COc1cc(-c2cc(CO)cc3cc(OC)c(O)cc23)ccc1O. The van der Waals surface area contributed by atoms with Gasteiger partial charge in [-0.2, -0.15) is 0 Å². The van der Waals surface area contributed by atoms with Gasteiger partial charge in [-0.15, -0.1) is 0 Å². The van der Waals surface area contributed by atoms with Crippen LogP contribution in [0.1, 0.15) is 5.56 Å². The highest BCUT2D eigenvalue weighted by atomic mass is 16.5. The molecular formula is C19H18O5. The molecule has 5 heteroatoms. The highest BCUT2D eigenvalue weighted by molar-refractivity contribution is 5.99. The molecule has 5 nitrogen and oxygen atoms in total. The van der Waals surface area contributed by atoms with Gasteiger partial charge >= 0.3 is 0 Å². The zero-order valence-corrected chi connectivity index (χ0v) is 13.4. The van der Waals surface area contributed by atoms with Gasteiger partial charge in [0.05, 0.1) is 20.8 Å². The Labute approximate surface area is 139 Å². The third-order valence-corrected chi connectivity index (χ3v) is 3.99. The topological polar surface area (TPSA) is 79.2 Å². The monoisotopic (exact) mass is 326 g/mol. The van der Waals surface area contributed by atoms with Crippen LogP contribution >= 0.6 is 0 Å². The molecule has 0 spiro atoms. The molecule has 3 rings (SSSR count). The van der Waals surface area contributed by atoms with Crippen molar-refractivity contribution in [2.45, 2.75) is 6.61 Å². The second kappa shape index (κ2) is 6.29. The van der Waals surface area contributed by atoms with E-state index in [9.17, 15) is 15.3 Å². The predicted octanol–water partition coefficient (Wildman–Crippen LogP) is 3.43. The van der Waals surface area contributed by atoms with Gasteiger partial charge in [0.1, 0.15) is 0 Å². The number of ether oxygens (including phenoxy) is 2. The van der Waals surface area contributed by atoms with Gasteiger partial charge in [-0.3, -0.25) is 0 Å². The Morgan fingerprint density at radius 1 is 0.833 bits per heavy atom. The molecule has 0 atom stereocenters. The summed E-state index contributed by atoms with van der Waals surface area (Å²) in [5.74, 6) is 0.807. The number of fused-ring (bicyclic) bond motifs is 1. The van der Waals surface area contributed by atoms with E-state index in [1.54, 1.807) is 30.3 Å². The molecule has 0 fully saturated rings. The third kappa shape index (κ3) is 2.70. The number of hydrogen-bond donors (Lipinski definition) is 3. The van der Waals surface area contributed by atoms with E-state index >= 15 is 0 Å². The van der Waals surface area contributed by atoms with E-state index in [2.05, 4.69) is 0 Å². The number of phenols is 2. The summed E-state index contributed by atoms with van der Waals surface area (Å²) in [6, 6.07) is 12.1. The lowest BCUT2D eigenvalue weighted by Gasteiger charge is -2.13. The van der Waals surface area contributed by atoms with Gasteiger partial charge in [0, 0.05) is 0 Å². The molecule has 0 aliphatic rings. The number of rotatable bonds is 4. The summed E-state index contributed by atoms with van der Waals surface area (Å²) >= 11 is 0. The van der Waals surface area contributed by atoms with Crippen LogP contribution in [0.4, 0.5) is 0 Å². The fourth-order valence-electron chi connectivity index (χ4n) is 2.78. The van der Waals surface area contributed by atoms with Crippen molar-refractivity contribution >= 4 is 10.8 Å². The molecule has 124 valence electrons. The second-order valence-corrected chi connectivity index (χ2v) is 5.43. The van der Waals surface area contributed by atoms with E-state index < -0.39 is 0 Å². The summed E-state index contributed by atoms with van der Waals surface area (Å²) in [4.78, 5) is 0. The Kier molecular flexibility index (Phi) is 4.18. The lowest BCUT2D eigenvalue weighted by Crippen LogP contribution is -1.91. The summed E-state index contributed by atoms with van der Waals surface area (Å²) in [6.07, 6.45) is 0. The van der Waals surface area contributed by atoms with Crippen LogP contribution in [0.25, 0.3) is 21.9 Å². The van der Waals surface area contributed by atoms with Crippen LogP contribution in [0.3, 0.4) is 0 Å². The van der Waals surface area contributed by atoms with Gasteiger partial charge < -0.3 is 24.8 Å². The number of phenolic OH excluding ortho intramolecular Hbond substituents is 2. The van der Waals surface area contributed by atoms with Gasteiger partial charge in [0.2, 0.25) is 0 Å². The van der Waals surface area contributed by atoms with Crippen molar-refractivity contribution in [3.63, 3.8) is 0 Å². The normalized spacial score (nSPS) is 10.8. The van der Waals surface area contributed by atoms with Gasteiger partial charge in [0.15, 0.2) is 23.0 Å². The largest absolute Gasteiger partial charge is 0.504 e. The van der Waals surface area contributed by atoms with Crippen molar-refractivity contribution in [2.75, 3.05) is 14.2 Å². The van der Waals surface area contributed by atoms with Gasteiger partial charge in [-0.25, -0.2) is 0 Å². The van der Waals surface area contributed by atoms with E-state index in [-0.39, 0.29) is 18.1 Å². The van der Waals surface area contributed by atoms with Crippen molar-refractivity contribution in [3.8, 4) is 34.1 Å². The number of aliphatic hydroxyl groups is 1. The molecule has 0 aliphatic carbocycles. The molecular weight excluding hydrogens is 308 g/mol. The summed E-state index contributed by atoms with van der Waals surface area (Å²) in [6.45, 7) is -0.110. The van der Waals surface area contributed by atoms with Crippen LogP contribution in [0.15, 0.2) is 42.5 Å². The smallest absolute Gasteiger partial charge is 0.161 e. The minimum atomic E-state index is -0.110. The van der Waals surface area contributed by atoms with E-state index in [4.69, 9.17) is 9.47 Å². The average Bonchev–Trinajstić information content (AvgIpc) is 2.60. The first kappa shape index (κ1) is 16.0. The predicted molar refractivity (Wildman–Crippen MR) is 91.7 cm³/mol. The van der Waals surface area contributed by atoms with Crippen molar-refractivity contribution < 1.29 is 24.8 Å². The number of hydrogen-bond acceptors (Lipinski definition) is 5. The molecule has 24 heavy (non-hydrogen) atoms. The van der Waals surface area contributed by atoms with Crippen LogP contribution < -0.4 is 9.47 Å².